The zero-order valence-corrected chi connectivity index (χ0v) is 22.0. The molecule has 38 heavy (non-hydrogen) atoms. The standard InChI is InChI=1S/C25H28N6O6S/c1-25(2,3)37-21(32)13-30-12-16-10-17(4-5-20(16)38(30,34)35)28-23-22-18(6-8-27-24(22)33)31(29-23)19-14-36-9-7-15(19)11-26/h4-6,8,10,15,19H,7,9,12-14H2,1-3H3,(H,27,33)(H,28,29)/t15-,19+/m1/s1. The van der Waals surface area contributed by atoms with Crippen molar-refractivity contribution < 1.29 is 22.7 Å². The van der Waals surface area contributed by atoms with E-state index in [4.69, 9.17) is 9.47 Å². The quantitative estimate of drug-likeness (QED) is 0.463. The molecule has 3 aromatic rings. The highest BCUT2D eigenvalue weighted by Gasteiger charge is 2.37. The number of fused-ring (bicyclic) bond motifs is 2. The number of carbonyl (C=O) groups excluding carboxylic acids is 1. The lowest BCUT2D eigenvalue weighted by Crippen LogP contribution is -2.35. The van der Waals surface area contributed by atoms with Crippen molar-refractivity contribution in [2.24, 2.45) is 5.92 Å². The monoisotopic (exact) mass is 540 g/mol. The maximum atomic E-state index is 13.0. The van der Waals surface area contributed by atoms with Crippen LogP contribution in [0.25, 0.3) is 10.9 Å². The average molecular weight is 541 g/mol. The van der Waals surface area contributed by atoms with Crippen LogP contribution in [0.5, 0.6) is 0 Å². The summed E-state index contributed by atoms with van der Waals surface area (Å²) in [5, 5.41) is 17.7. The molecule has 0 bridgehead atoms. The number of hydrogen-bond acceptors (Lipinski definition) is 9. The molecular weight excluding hydrogens is 512 g/mol. The summed E-state index contributed by atoms with van der Waals surface area (Å²) in [4.78, 5) is 27.8. The number of nitriles is 1. The fourth-order valence-corrected chi connectivity index (χ4v) is 6.35. The topological polar surface area (TPSA) is 159 Å². The predicted molar refractivity (Wildman–Crippen MR) is 137 cm³/mol. The van der Waals surface area contributed by atoms with Gasteiger partial charge in [-0.3, -0.25) is 14.3 Å². The zero-order valence-electron chi connectivity index (χ0n) is 21.2. The van der Waals surface area contributed by atoms with Crippen LogP contribution in [0.1, 0.15) is 38.8 Å². The zero-order chi connectivity index (χ0) is 27.2. The van der Waals surface area contributed by atoms with Crippen molar-refractivity contribution in [3.05, 3.63) is 46.4 Å². The third-order valence-electron chi connectivity index (χ3n) is 6.45. The van der Waals surface area contributed by atoms with Crippen LogP contribution >= 0.6 is 0 Å². The SMILES string of the molecule is CC(C)(C)OC(=O)CN1Cc2cc(Nc3nn([C@H]4COCC[C@@H]4C#N)c4cc[nH]c(=O)c34)ccc2S1(=O)=O. The molecule has 5 rings (SSSR count). The van der Waals surface area contributed by atoms with Crippen molar-refractivity contribution in [3.8, 4) is 6.07 Å². The highest BCUT2D eigenvalue weighted by Crippen LogP contribution is 2.35. The Balaban J connectivity index is 1.45. The fraction of sp³-hybridized carbons (Fsp3) is 0.440. The number of esters is 1. The molecule has 4 heterocycles. The summed E-state index contributed by atoms with van der Waals surface area (Å²) in [5.74, 6) is -0.679. The molecule has 2 atom stereocenters. The maximum Gasteiger partial charge on any atom is 0.321 e. The minimum atomic E-state index is -3.86. The van der Waals surface area contributed by atoms with Crippen molar-refractivity contribution in [1.29, 1.82) is 5.26 Å². The van der Waals surface area contributed by atoms with Gasteiger partial charge >= 0.3 is 5.97 Å². The van der Waals surface area contributed by atoms with Crippen molar-refractivity contribution in [2.75, 3.05) is 25.1 Å². The molecule has 0 saturated carbocycles. The van der Waals surface area contributed by atoms with Crippen LogP contribution in [0.4, 0.5) is 11.5 Å². The Morgan fingerprint density at radius 3 is 2.87 bits per heavy atom. The Labute approximate surface area is 219 Å². The van der Waals surface area contributed by atoms with Gasteiger partial charge in [-0.25, -0.2) is 8.42 Å². The molecule has 200 valence electrons. The maximum absolute atomic E-state index is 13.0. The third-order valence-corrected chi connectivity index (χ3v) is 8.34. The number of aromatic nitrogens is 3. The van der Waals surface area contributed by atoms with Gasteiger partial charge in [0.05, 0.1) is 35.0 Å². The number of nitrogens with one attached hydrogen (secondary N) is 2. The van der Waals surface area contributed by atoms with Crippen LogP contribution in [0.3, 0.4) is 0 Å². The lowest BCUT2D eigenvalue weighted by Gasteiger charge is -2.27. The molecule has 0 unspecified atom stereocenters. The summed E-state index contributed by atoms with van der Waals surface area (Å²) in [5.41, 5.74) is 0.491. The third kappa shape index (κ3) is 4.78. The summed E-state index contributed by atoms with van der Waals surface area (Å²) >= 11 is 0. The largest absolute Gasteiger partial charge is 0.459 e. The number of ether oxygens (including phenoxy) is 2. The molecule has 13 heteroatoms. The van der Waals surface area contributed by atoms with Gasteiger partial charge in [0.15, 0.2) is 5.82 Å². The second-order valence-corrected chi connectivity index (χ2v) is 12.2. The van der Waals surface area contributed by atoms with Gasteiger partial charge in [-0.1, -0.05) is 0 Å². The van der Waals surface area contributed by atoms with Crippen molar-refractivity contribution in [2.45, 2.75) is 50.3 Å². The second kappa shape index (κ2) is 9.54. The van der Waals surface area contributed by atoms with Gasteiger partial charge in [0.2, 0.25) is 10.0 Å². The summed E-state index contributed by atoms with van der Waals surface area (Å²) in [7, 11) is -3.86. The molecule has 2 aliphatic rings. The minimum absolute atomic E-state index is 0.00542. The number of H-pyrrole nitrogens is 1. The highest BCUT2D eigenvalue weighted by molar-refractivity contribution is 7.89. The molecule has 0 radical (unpaired) electrons. The Kier molecular flexibility index (Phi) is 6.50. The van der Waals surface area contributed by atoms with Gasteiger partial charge in [0.25, 0.3) is 5.56 Å². The lowest BCUT2D eigenvalue weighted by molar-refractivity contribution is -0.155. The number of pyridine rings is 1. The predicted octanol–water partition coefficient (Wildman–Crippen LogP) is 2.42. The summed E-state index contributed by atoms with van der Waals surface area (Å²) in [6.45, 7) is 5.54. The number of sulfonamides is 1. The van der Waals surface area contributed by atoms with Crippen LogP contribution < -0.4 is 10.9 Å². The number of hydrogen-bond donors (Lipinski definition) is 2. The van der Waals surface area contributed by atoms with Gasteiger partial charge < -0.3 is 19.8 Å². The Hall–Kier alpha value is -3.73. The first-order valence-corrected chi connectivity index (χ1v) is 13.6. The first kappa shape index (κ1) is 25.9. The normalized spacial score (nSPS) is 21.1. The molecule has 1 fully saturated rings. The second-order valence-electron chi connectivity index (χ2n) is 10.3. The summed E-state index contributed by atoms with van der Waals surface area (Å²) in [6, 6.07) is 8.38. The number of rotatable bonds is 5. The number of benzene rings is 1. The van der Waals surface area contributed by atoms with E-state index in [-0.39, 0.29) is 34.8 Å². The van der Waals surface area contributed by atoms with E-state index in [1.165, 1.54) is 12.3 Å². The molecular formula is C25H28N6O6S. The Morgan fingerprint density at radius 1 is 1.34 bits per heavy atom. The number of nitrogens with zero attached hydrogens (tertiary/aromatic N) is 4. The van der Waals surface area contributed by atoms with Crippen molar-refractivity contribution in [1.82, 2.24) is 19.1 Å². The minimum Gasteiger partial charge on any atom is -0.459 e. The summed E-state index contributed by atoms with van der Waals surface area (Å²) < 4.78 is 39.6. The fourth-order valence-electron chi connectivity index (χ4n) is 4.80. The molecule has 0 amide bonds. The number of carbonyl (C=O) groups is 1. The molecule has 12 nitrogen and oxygen atoms in total. The molecule has 2 N–H and O–H groups in total. The van der Waals surface area contributed by atoms with Crippen molar-refractivity contribution in [3.63, 3.8) is 0 Å². The van der Waals surface area contributed by atoms with E-state index in [0.29, 0.717) is 41.8 Å². The van der Waals surface area contributed by atoms with Crippen LogP contribution in [0.2, 0.25) is 0 Å². The van der Waals surface area contributed by atoms with Crippen LogP contribution in [-0.2, 0) is 30.8 Å². The van der Waals surface area contributed by atoms with E-state index >= 15 is 0 Å². The highest BCUT2D eigenvalue weighted by atomic mass is 32.2. The molecule has 2 aliphatic heterocycles. The van der Waals surface area contributed by atoms with E-state index in [0.717, 1.165) is 4.31 Å². The van der Waals surface area contributed by atoms with E-state index in [1.54, 1.807) is 43.7 Å². The smallest absolute Gasteiger partial charge is 0.321 e. The average Bonchev–Trinajstić information content (AvgIpc) is 3.32. The van der Waals surface area contributed by atoms with Gasteiger partial charge in [0.1, 0.15) is 17.5 Å². The van der Waals surface area contributed by atoms with Crippen molar-refractivity contribution >= 4 is 38.4 Å². The van der Waals surface area contributed by atoms with Crippen LogP contribution in [0, 0.1) is 17.2 Å². The molecule has 1 saturated heterocycles. The Morgan fingerprint density at radius 2 is 2.13 bits per heavy atom. The number of aromatic amines is 1. The van der Waals surface area contributed by atoms with E-state index in [9.17, 15) is 23.3 Å². The van der Waals surface area contributed by atoms with Crippen LogP contribution in [0.15, 0.2) is 40.2 Å². The van der Waals surface area contributed by atoms with E-state index in [1.807, 2.05) is 0 Å². The first-order chi connectivity index (χ1) is 18.0. The molecule has 1 aromatic carbocycles. The number of anilines is 2. The van der Waals surface area contributed by atoms with Gasteiger partial charge in [-0.05, 0) is 57.0 Å². The van der Waals surface area contributed by atoms with Crippen LogP contribution in [-0.4, -0.2) is 58.8 Å². The molecule has 0 aliphatic carbocycles. The molecule has 2 aromatic heterocycles. The van der Waals surface area contributed by atoms with E-state index in [2.05, 4.69) is 21.5 Å². The molecule has 0 spiro atoms. The Bertz CT molecular complexity index is 1610. The lowest BCUT2D eigenvalue weighted by atomic mass is 9.96. The van der Waals surface area contributed by atoms with E-state index < -0.39 is 28.1 Å². The van der Waals surface area contributed by atoms with Gasteiger partial charge in [-0.2, -0.15) is 14.7 Å². The van der Waals surface area contributed by atoms with Gasteiger partial charge in [-0.15, -0.1) is 0 Å². The summed E-state index contributed by atoms with van der Waals surface area (Å²) in [6.07, 6.45) is 2.09. The first-order valence-electron chi connectivity index (χ1n) is 12.2. The van der Waals surface area contributed by atoms with Gasteiger partial charge in [0, 0.05) is 25.0 Å².